The predicted molar refractivity (Wildman–Crippen MR) is 230 cm³/mol. The Hall–Kier alpha value is -7.70. The van der Waals surface area contributed by atoms with Crippen molar-refractivity contribution in [2.45, 2.75) is 0 Å². The van der Waals surface area contributed by atoms with Crippen LogP contribution in [-0.2, 0) is 0 Å². The third-order valence-corrected chi connectivity index (χ3v) is 12.2. The lowest BCUT2D eigenvalue weighted by atomic mass is 9.99. The molecule has 6 heteroatoms. The maximum absolute atomic E-state index is 6.68. The molecule has 0 atom stereocenters. The van der Waals surface area contributed by atoms with Crippen molar-refractivity contribution in [3.05, 3.63) is 164 Å². The number of benzene rings is 8. The topological polar surface area (TPSA) is 53.2 Å². The van der Waals surface area contributed by atoms with Crippen LogP contribution in [0.25, 0.3) is 126 Å². The van der Waals surface area contributed by atoms with E-state index >= 15 is 0 Å². The Morgan fingerprint density at radius 1 is 0.375 bits per heavy atom. The Kier molecular flexibility index (Phi) is 5.18. The molecule has 0 unspecified atom stereocenters. The van der Waals surface area contributed by atoms with Gasteiger partial charge in [-0.15, -0.1) is 0 Å². The SMILES string of the molecule is c1ccc2c(c1)ccc1c2c2c3c4ccccc4n4c5ccccc5c(cc2n1-c1nc(-n2c5ccccc5c5ccccc52)nc2oc5ccccc5c12)c34. The average molecular weight is 714 g/mol. The van der Waals surface area contributed by atoms with E-state index in [4.69, 9.17) is 14.4 Å². The normalized spacial score (nSPS) is 12.6. The molecule has 0 saturated carbocycles. The minimum atomic E-state index is 0.552. The van der Waals surface area contributed by atoms with E-state index < -0.39 is 0 Å². The highest BCUT2D eigenvalue weighted by molar-refractivity contribution is 6.38. The van der Waals surface area contributed by atoms with Gasteiger partial charge in [-0.25, -0.2) is 0 Å². The average Bonchev–Trinajstić information content (AvgIpc) is 4.05. The van der Waals surface area contributed by atoms with Crippen LogP contribution in [0.1, 0.15) is 0 Å². The van der Waals surface area contributed by atoms with Crippen LogP contribution in [-0.4, -0.2) is 23.5 Å². The van der Waals surface area contributed by atoms with Gasteiger partial charge in [-0.05, 0) is 53.2 Å². The van der Waals surface area contributed by atoms with Crippen molar-refractivity contribution in [1.29, 1.82) is 0 Å². The number of hydrogen-bond acceptors (Lipinski definition) is 3. The van der Waals surface area contributed by atoms with Gasteiger partial charge in [0.1, 0.15) is 5.58 Å². The third kappa shape index (κ3) is 3.39. The zero-order valence-electron chi connectivity index (χ0n) is 29.7. The number of fused-ring (bicyclic) bond motifs is 18. The van der Waals surface area contributed by atoms with Crippen LogP contribution in [0.15, 0.2) is 168 Å². The van der Waals surface area contributed by atoms with Crippen molar-refractivity contribution in [3.8, 4) is 11.8 Å². The first-order valence-corrected chi connectivity index (χ1v) is 19.0. The first kappa shape index (κ1) is 28.8. The van der Waals surface area contributed by atoms with Gasteiger partial charge in [0.25, 0.3) is 0 Å². The quantitative estimate of drug-likeness (QED) is 0.179. The van der Waals surface area contributed by atoms with Gasteiger partial charge < -0.3 is 8.82 Å². The van der Waals surface area contributed by atoms with Crippen LogP contribution in [0.5, 0.6) is 0 Å². The summed E-state index contributed by atoms with van der Waals surface area (Å²) in [5.41, 5.74) is 9.27. The lowest BCUT2D eigenvalue weighted by Gasteiger charge is -2.12. The Morgan fingerprint density at radius 3 is 1.71 bits per heavy atom. The predicted octanol–water partition coefficient (Wildman–Crippen LogP) is 12.9. The van der Waals surface area contributed by atoms with Crippen molar-refractivity contribution in [2.75, 3.05) is 0 Å². The molecule has 0 amide bonds. The molecule has 6 heterocycles. The smallest absolute Gasteiger partial charge is 0.240 e. The monoisotopic (exact) mass is 713 g/mol. The second-order valence-corrected chi connectivity index (χ2v) is 14.9. The van der Waals surface area contributed by atoms with Crippen molar-refractivity contribution < 1.29 is 4.42 Å². The highest BCUT2D eigenvalue weighted by atomic mass is 16.3. The van der Waals surface area contributed by atoms with E-state index in [0.717, 1.165) is 55.0 Å². The Labute approximate surface area is 317 Å². The second kappa shape index (κ2) is 10.1. The van der Waals surface area contributed by atoms with Gasteiger partial charge in [0, 0.05) is 48.5 Å². The highest BCUT2D eigenvalue weighted by Gasteiger charge is 2.28. The van der Waals surface area contributed by atoms with E-state index in [1.54, 1.807) is 0 Å². The molecule has 0 aliphatic rings. The minimum Gasteiger partial charge on any atom is -0.437 e. The maximum Gasteiger partial charge on any atom is 0.240 e. The van der Waals surface area contributed by atoms with Crippen LogP contribution in [0, 0.1) is 0 Å². The van der Waals surface area contributed by atoms with Crippen LogP contribution in [0.3, 0.4) is 0 Å². The minimum absolute atomic E-state index is 0.552. The molecule has 14 aromatic rings. The van der Waals surface area contributed by atoms with E-state index in [9.17, 15) is 0 Å². The fourth-order valence-electron chi connectivity index (χ4n) is 10.00. The first-order chi connectivity index (χ1) is 27.8. The van der Waals surface area contributed by atoms with Gasteiger partial charge >= 0.3 is 0 Å². The number of hydrogen-bond donors (Lipinski definition) is 0. The van der Waals surface area contributed by atoms with Gasteiger partial charge in [-0.3, -0.25) is 9.13 Å². The fourth-order valence-corrected chi connectivity index (χ4v) is 10.00. The second-order valence-electron chi connectivity index (χ2n) is 14.9. The lowest BCUT2D eigenvalue weighted by molar-refractivity contribution is 0.650. The van der Waals surface area contributed by atoms with E-state index in [2.05, 4.69) is 165 Å². The van der Waals surface area contributed by atoms with Crippen molar-refractivity contribution in [2.24, 2.45) is 0 Å². The lowest BCUT2D eigenvalue weighted by Crippen LogP contribution is -2.06. The number of furan rings is 1. The number of nitrogens with zero attached hydrogens (tertiary/aromatic N) is 5. The molecule has 0 spiro atoms. The summed E-state index contributed by atoms with van der Waals surface area (Å²) in [6.07, 6.45) is 0. The molecule has 0 fully saturated rings. The molecule has 0 N–H and O–H groups in total. The Morgan fingerprint density at radius 2 is 0.964 bits per heavy atom. The van der Waals surface area contributed by atoms with E-state index in [0.29, 0.717) is 11.7 Å². The van der Waals surface area contributed by atoms with E-state index in [-0.39, 0.29) is 0 Å². The van der Waals surface area contributed by atoms with Gasteiger partial charge in [0.05, 0.1) is 44.0 Å². The summed E-state index contributed by atoms with van der Waals surface area (Å²) in [4.78, 5) is 10.9. The van der Waals surface area contributed by atoms with Crippen LogP contribution in [0.4, 0.5) is 0 Å². The van der Waals surface area contributed by atoms with Crippen LogP contribution >= 0.6 is 0 Å². The Bertz CT molecular complexity index is 3960. The zero-order valence-corrected chi connectivity index (χ0v) is 29.7. The standard InChI is InChI=1S/C50H27N5O/c1-2-14-29-28(13-1)25-26-40-43(29)46-41(27-35-32-17-5-8-20-36(32)53-39-23-11-6-18-33(39)44(46)47(35)53)54(40)48-45-34-19-7-12-24-42(34)56-49(45)52-50(51-48)55-37-21-9-3-15-30(37)31-16-4-10-22-38(31)55/h1-27H. The van der Waals surface area contributed by atoms with Crippen LogP contribution in [0.2, 0.25) is 0 Å². The van der Waals surface area contributed by atoms with Gasteiger partial charge in [0.15, 0.2) is 5.82 Å². The van der Waals surface area contributed by atoms with Gasteiger partial charge in [-0.2, -0.15) is 9.97 Å². The summed E-state index contributed by atoms with van der Waals surface area (Å²) in [5, 5.41) is 14.0. The molecule has 0 radical (unpaired) electrons. The summed E-state index contributed by atoms with van der Waals surface area (Å²) in [6, 6.07) is 58.6. The molecule has 258 valence electrons. The summed E-state index contributed by atoms with van der Waals surface area (Å²) >= 11 is 0. The number of rotatable bonds is 2. The fraction of sp³-hybridized carbons (Fsp3) is 0. The summed E-state index contributed by atoms with van der Waals surface area (Å²) in [6.45, 7) is 0. The molecule has 14 rings (SSSR count). The summed E-state index contributed by atoms with van der Waals surface area (Å²) in [7, 11) is 0. The molecule has 56 heavy (non-hydrogen) atoms. The highest BCUT2D eigenvalue weighted by Crippen LogP contribution is 2.49. The maximum atomic E-state index is 6.68. The zero-order chi connectivity index (χ0) is 36.2. The molecule has 6 nitrogen and oxygen atoms in total. The van der Waals surface area contributed by atoms with Gasteiger partial charge in [0.2, 0.25) is 11.7 Å². The molecule has 0 saturated heterocycles. The third-order valence-electron chi connectivity index (χ3n) is 12.2. The molecule has 8 aromatic carbocycles. The largest absolute Gasteiger partial charge is 0.437 e. The molecule has 0 aliphatic heterocycles. The van der Waals surface area contributed by atoms with Crippen LogP contribution < -0.4 is 0 Å². The summed E-state index contributed by atoms with van der Waals surface area (Å²) in [5.74, 6) is 1.35. The van der Waals surface area contributed by atoms with Gasteiger partial charge in [-0.1, -0.05) is 121 Å². The Balaban J connectivity index is 1.26. The molecule has 0 aliphatic carbocycles. The molecule has 6 aromatic heterocycles. The number of para-hydroxylation sites is 5. The van der Waals surface area contributed by atoms with E-state index in [1.807, 2.05) is 12.1 Å². The molecular formula is C50H27N5O. The molecular weight excluding hydrogens is 687 g/mol. The van der Waals surface area contributed by atoms with Crippen molar-refractivity contribution in [3.63, 3.8) is 0 Å². The van der Waals surface area contributed by atoms with Crippen molar-refractivity contribution >= 4 is 115 Å². The first-order valence-electron chi connectivity index (χ1n) is 19.0. The summed E-state index contributed by atoms with van der Waals surface area (Å²) < 4.78 is 13.7. The van der Waals surface area contributed by atoms with E-state index in [1.165, 1.54) is 59.6 Å². The number of aromatic nitrogens is 5. The van der Waals surface area contributed by atoms with Crippen molar-refractivity contribution in [1.82, 2.24) is 23.5 Å². The molecule has 0 bridgehead atoms.